The fourth-order valence-corrected chi connectivity index (χ4v) is 2.64. The van der Waals surface area contributed by atoms with Crippen LogP contribution in [-0.2, 0) is 4.74 Å². The second kappa shape index (κ2) is 7.31. The summed E-state index contributed by atoms with van der Waals surface area (Å²) in [6.45, 7) is 0. The highest BCUT2D eigenvalue weighted by molar-refractivity contribution is 5.99. The Balaban J connectivity index is 1.88. The largest absolute Gasteiger partial charge is 0.507 e. The zero-order chi connectivity index (χ0) is 21.3. The fourth-order valence-electron chi connectivity index (χ4n) is 2.64. The number of rotatable bonds is 4. The molecule has 0 unspecified atom stereocenters. The number of phenols is 5. The van der Waals surface area contributed by atoms with E-state index in [0.717, 1.165) is 12.3 Å². The second-order valence-corrected chi connectivity index (χ2v) is 5.96. The van der Waals surface area contributed by atoms with Crippen LogP contribution in [0.2, 0.25) is 0 Å². The van der Waals surface area contributed by atoms with Gasteiger partial charge in [0.2, 0.25) is 0 Å². The molecule has 3 aromatic carbocycles. The quantitative estimate of drug-likeness (QED) is 0.220. The van der Waals surface area contributed by atoms with Gasteiger partial charge < -0.3 is 35.4 Å². The maximum Gasteiger partial charge on any atom is 0.346 e. The van der Waals surface area contributed by atoms with Crippen molar-refractivity contribution < 1.29 is 45.0 Å². The van der Waals surface area contributed by atoms with Crippen molar-refractivity contribution in [1.29, 1.82) is 0 Å². The molecule has 0 heterocycles. The van der Waals surface area contributed by atoms with Crippen LogP contribution in [0.5, 0.6) is 28.7 Å². The lowest BCUT2D eigenvalue weighted by Crippen LogP contribution is -2.05. The number of benzene rings is 3. The minimum atomic E-state index is -1.50. The van der Waals surface area contributed by atoms with Crippen LogP contribution in [0.1, 0.15) is 26.3 Å². The number of hydrogen-bond donors (Lipinski definition) is 6. The maximum atomic E-state index is 12.1. The van der Waals surface area contributed by atoms with Gasteiger partial charge in [-0.05, 0) is 36.4 Å². The van der Waals surface area contributed by atoms with Crippen LogP contribution in [0.4, 0.5) is 0 Å². The Labute approximate surface area is 162 Å². The molecular weight excluding hydrogens is 384 g/mol. The molecule has 0 aliphatic rings. The van der Waals surface area contributed by atoms with Gasteiger partial charge in [-0.15, -0.1) is 0 Å². The summed E-state index contributed by atoms with van der Waals surface area (Å²) >= 11 is 0. The zero-order valence-corrected chi connectivity index (χ0v) is 14.5. The van der Waals surface area contributed by atoms with E-state index in [-0.39, 0.29) is 33.6 Å². The van der Waals surface area contributed by atoms with Crippen LogP contribution in [0.3, 0.4) is 0 Å². The Hall–Kier alpha value is -4.40. The predicted molar refractivity (Wildman–Crippen MR) is 100 cm³/mol. The summed E-state index contributed by atoms with van der Waals surface area (Å²) in [6.07, 6.45) is 2.07. The van der Waals surface area contributed by atoms with E-state index in [1.54, 1.807) is 0 Å². The SMILES string of the molecule is O=C(O)c1cc(C(=O)O/C=C/c2cc3c(O)ccc(O)c3cc2O)c(O)cc1O. The summed E-state index contributed by atoms with van der Waals surface area (Å²) in [6, 6.07) is 6.58. The Morgan fingerprint density at radius 1 is 0.724 bits per heavy atom. The number of aromatic hydroxyl groups is 5. The molecular formula is C20H14O9. The highest BCUT2D eigenvalue weighted by Crippen LogP contribution is 2.36. The van der Waals surface area contributed by atoms with E-state index >= 15 is 0 Å². The van der Waals surface area contributed by atoms with Gasteiger partial charge in [0.1, 0.15) is 39.9 Å². The summed E-state index contributed by atoms with van der Waals surface area (Å²) in [4.78, 5) is 23.1. The zero-order valence-electron chi connectivity index (χ0n) is 14.5. The molecule has 0 radical (unpaired) electrons. The molecule has 0 saturated heterocycles. The average molecular weight is 398 g/mol. The van der Waals surface area contributed by atoms with Gasteiger partial charge in [-0.2, -0.15) is 0 Å². The summed E-state index contributed by atoms with van der Waals surface area (Å²) in [5.41, 5.74) is -0.941. The smallest absolute Gasteiger partial charge is 0.346 e. The molecule has 9 heteroatoms. The number of carbonyl (C=O) groups excluding carboxylic acids is 1. The topological polar surface area (TPSA) is 165 Å². The lowest BCUT2D eigenvalue weighted by atomic mass is 10.0. The first kappa shape index (κ1) is 19.4. The molecule has 148 valence electrons. The molecule has 0 saturated carbocycles. The van der Waals surface area contributed by atoms with E-state index in [4.69, 9.17) is 9.84 Å². The molecule has 29 heavy (non-hydrogen) atoms. The number of aromatic carboxylic acids is 1. The Bertz CT molecular complexity index is 1180. The van der Waals surface area contributed by atoms with Gasteiger partial charge in [-0.3, -0.25) is 0 Å². The molecule has 0 aliphatic carbocycles. The second-order valence-electron chi connectivity index (χ2n) is 5.96. The molecule has 0 fully saturated rings. The lowest BCUT2D eigenvalue weighted by molar-refractivity contribution is 0.0662. The monoisotopic (exact) mass is 398 g/mol. The molecule has 3 aromatic rings. The fraction of sp³-hybridized carbons (Fsp3) is 0. The molecule has 6 N–H and O–H groups in total. The van der Waals surface area contributed by atoms with Gasteiger partial charge >= 0.3 is 11.9 Å². The van der Waals surface area contributed by atoms with Crippen molar-refractivity contribution in [1.82, 2.24) is 0 Å². The molecule has 0 spiro atoms. The van der Waals surface area contributed by atoms with E-state index in [1.807, 2.05) is 0 Å². The summed E-state index contributed by atoms with van der Waals surface area (Å²) in [7, 11) is 0. The van der Waals surface area contributed by atoms with Gasteiger partial charge in [-0.25, -0.2) is 9.59 Å². The summed E-state index contributed by atoms with van der Waals surface area (Å²) in [5, 5.41) is 58.4. The van der Waals surface area contributed by atoms with E-state index in [2.05, 4.69) is 0 Å². The van der Waals surface area contributed by atoms with Crippen LogP contribution >= 0.6 is 0 Å². The number of hydrogen-bond acceptors (Lipinski definition) is 8. The van der Waals surface area contributed by atoms with Crippen LogP contribution in [0, 0.1) is 0 Å². The molecule has 9 nitrogen and oxygen atoms in total. The maximum absolute atomic E-state index is 12.1. The van der Waals surface area contributed by atoms with Crippen molar-refractivity contribution in [3.8, 4) is 28.7 Å². The van der Waals surface area contributed by atoms with Crippen LogP contribution in [-0.4, -0.2) is 42.6 Å². The van der Waals surface area contributed by atoms with E-state index in [9.17, 15) is 35.1 Å². The van der Waals surface area contributed by atoms with Gasteiger partial charge in [0, 0.05) is 22.4 Å². The number of ether oxygens (including phenoxy) is 1. The van der Waals surface area contributed by atoms with Gasteiger partial charge in [0.05, 0.1) is 6.26 Å². The first-order valence-corrected chi connectivity index (χ1v) is 8.03. The van der Waals surface area contributed by atoms with Gasteiger partial charge in [-0.1, -0.05) is 0 Å². The number of carboxylic acid groups (broad SMARTS) is 1. The number of phenolic OH excluding ortho intramolecular Hbond substituents is 4. The van der Waals surface area contributed by atoms with Gasteiger partial charge in [0.25, 0.3) is 0 Å². The van der Waals surface area contributed by atoms with Crippen molar-refractivity contribution >= 4 is 28.8 Å². The Morgan fingerprint density at radius 2 is 1.31 bits per heavy atom. The number of esters is 1. The first-order chi connectivity index (χ1) is 13.7. The molecule has 0 amide bonds. The standard InChI is InChI=1S/C20H14O9/c21-14-1-2-15(22)11-7-16(23)9(5-10(11)14)3-4-29-20(28)13-6-12(19(26)27)17(24)8-18(13)25/h1-8,21-25H,(H,26,27)/b4-3+. The van der Waals surface area contributed by atoms with Crippen molar-refractivity contribution in [3.63, 3.8) is 0 Å². The molecule has 0 aromatic heterocycles. The third-order valence-electron chi connectivity index (χ3n) is 4.10. The Morgan fingerprint density at radius 3 is 1.93 bits per heavy atom. The van der Waals surface area contributed by atoms with Crippen LogP contribution < -0.4 is 0 Å². The van der Waals surface area contributed by atoms with E-state index < -0.39 is 34.6 Å². The minimum absolute atomic E-state index is 0.139. The molecule has 3 rings (SSSR count). The minimum Gasteiger partial charge on any atom is -0.507 e. The predicted octanol–water partition coefficient (Wildman–Crippen LogP) is 2.89. The number of carbonyl (C=O) groups is 2. The van der Waals surface area contributed by atoms with Crippen molar-refractivity contribution in [2.75, 3.05) is 0 Å². The van der Waals surface area contributed by atoms with E-state index in [0.29, 0.717) is 6.07 Å². The summed E-state index contributed by atoms with van der Waals surface area (Å²) in [5.74, 6) is -4.57. The lowest BCUT2D eigenvalue weighted by Gasteiger charge is -2.08. The van der Waals surface area contributed by atoms with Gasteiger partial charge in [0.15, 0.2) is 0 Å². The number of carboxylic acids is 1. The van der Waals surface area contributed by atoms with Crippen molar-refractivity contribution in [2.24, 2.45) is 0 Å². The molecule has 0 bridgehead atoms. The average Bonchev–Trinajstić information content (AvgIpc) is 2.65. The van der Waals surface area contributed by atoms with Crippen molar-refractivity contribution in [2.45, 2.75) is 0 Å². The molecule has 0 aliphatic heterocycles. The highest BCUT2D eigenvalue weighted by Gasteiger charge is 2.19. The normalized spacial score (nSPS) is 11.0. The molecule has 0 atom stereocenters. The Kier molecular flexibility index (Phi) is 4.88. The summed E-state index contributed by atoms with van der Waals surface area (Å²) < 4.78 is 4.83. The highest BCUT2D eigenvalue weighted by atomic mass is 16.5. The first-order valence-electron chi connectivity index (χ1n) is 8.03. The van der Waals surface area contributed by atoms with Crippen molar-refractivity contribution in [3.05, 3.63) is 59.4 Å². The third-order valence-corrected chi connectivity index (χ3v) is 4.10. The third kappa shape index (κ3) is 3.69. The van der Waals surface area contributed by atoms with Crippen LogP contribution in [0.25, 0.3) is 16.8 Å². The number of fused-ring (bicyclic) bond motifs is 1. The van der Waals surface area contributed by atoms with E-state index in [1.165, 1.54) is 30.3 Å². The van der Waals surface area contributed by atoms with Crippen LogP contribution in [0.15, 0.2) is 42.7 Å².